The van der Waals surface area contributed by atoms with Gasteiger partial charge in [-0.05, 0) is 13.3 Å². The van der Waals surface area contributed by atoms with Crippen molar-refractivity contribution in [2.75, 3.05) is 20.8 Å². The maximum Gasteiger partial charge on any atom is 0.232 e. The first-order chi connectivity index (χ1) is 6.95. The standard InChI is InChI=1S/C10H20N2O2S/c1-5-8(9(11)15)10(13)12(3)7(2)6-14-4/h7-8H,5-6H2,1-4H3,(H2,11,15). The molecular weight excluding hydrogens is 212 g/mol. The van der Waals surface area contributed by atoms with Crippen molar-refractivity contribution in [1.29, 1.82) is 0 Å². The largest absolute Gasteiger partial charge is 0.393 e. The van der Waals surface area contributed by atoms with Gasteiger partial charge in [-0.15, -0.1) is 0 Å². The number of likely N-dealkylation sites (N-methyl/N-ethyl adjacent to an activating group) is 1. The molecule has 0 saturated heterocycles. The quantitative estimate of drug-likeness (QED) is 0.688. The van der Waals surface area contributed by atoms with Crippen LogP contribution in [0.4, 0.5) is 0 Å². The van der Waals surface area contributed by atoms with Gasteiger partial charge in [0.05, 0.1) is 23.6 Å². The summed E-state index contributed by atoms with van der Waals surface area (Å²) in [5.41, 5.74) is 5.51. The Labute approximate surface area is 96.8 Å². The van der Waals surface area contributed by atoms with Crippen molar-refractivity contribution >= 4 is 23.1 Å². The average molecular weight is 232 g/mol. The Morgan fingerprint density at radius 1 is 1.60 bits per heavy atom. The van der Waals surface area contributed by atoms with E-state index in [-0.39, 0.29) is 22.9 Å². The summed E-state index contributed by atoms with van der Waals surface area (Å²) in [6.07, 6.45) is 0.637. The van der Waals surface area contributed by atoms with Gasteiger partial charge in [-0.2, -0.15) is 0 Å². The predicted octanol–water partition coefficient (Wildman–Crippen LogP) is 0.792. The molecule has 0 aliphatic heterocycles. The van der Waals surface area contributed by atoms with Gasteiger partial charge in [0.15, 0.2) is 0 Å². The van der Waals surface area contributed by atoms with Crippen LogP contribution in [0.3, 0.4) is 0 Å². The first kappa shape index (κ1) is 14.3. The molecule has 88 valence electrons. The van der Waals surface area contributed by atoms with E-state index in [0.717, 1.165) is 0 Å². The molecule has 0 bridgehead atoms. The fraction of sp³-hybridized carbons (Fsp3) is 0.800. The summed E-state index contributed by atoms with van der Waals surface area (Å²) in [6, 6.07) is 0.0332. The van der Waals surface area contributed by atoms with Gasteiger partial charge in [0.25, 0.3) is 0 Å². The summed E-state index contributed by atoms with van der Waals surface area (Å²) in [5, 5.41) is 0. The maximum atomic E-state index is 11.9. The highest BCUT2D eigenvalue weighted by molar-refractivity contribution is 7.80. The Bertz CT molecular complexity index is 233. The van der Waals surface area contributed by atoms with Crippen molar-refractivity contribution in [2.24, 2.45) is 11.7 Å². The van der Waals surface area contributed by atoms with Crippen LogP contribution in [-0.4, -0.2) is 42.6 Å². The molecule has 0 aliphatic carbocycles. The number of amides is 1. The fourth-order valence-corrected chi connectivity index (χ4v) is 1.58. The zero-order valence-electron chi connectivity index (χ0n) is 9.82. The Morgan fingerprint density at radius 3 is 2.47 bits per heavy atom. The second-order valence-electron chi connectivity index (χ2n) is 3.62. The number of hydrogen-bond acceptors (Lipinski definition) is 3. The van der Waals surface area contributed by atoms with E-state index >= 15 is 0 Å². The van der Waals surface area contributed by atoms with Gasteiger partial charge < -0.3 is 15.4 Å². The number of thiocarbonyl (C=S) groups is 1. The Kier molecular flexibility index (Phi) is 6.43. The highest BCUT2D eigenvalue weighted by Crippen LogP contribution is 2.09. The molecule has 2 N–H and O–H groups in total. The third kappa shape index (κ3) is 4.13. The van der Waals surface area contributed by atoms with Crippen molar-refractivity contribution in [2.45, 2.75) is 26.3 Å². The third-order valence-electron chi connectivity index (χ3n) is 2.47. The topological polar surface area (TPSA) is 55.6 Å². The van der Waals surface area contributed by atoms with Gasteiger partial charge in [-0.3, -0.25) is 4.79 Å². The van der Waals surface area contributed by atoms with Crippen LogP contribution in [0.2, 0.25) is 0 Å². The number of methoxy groups -OCH3 is 1. The molecule has 0 fully saturated rings. The van der Waals surface area contributed by atoms with Gasteiger partial charge in [0.2, 0.25) is 5.91 Å². The monoisotopic (exact) mass is 232 g/mol. The van der Waals surface area contributed by atoms with Crippen LogP contribution in [-0.2, 0) is 9.53 Å². The highest BCUT2D eigenvalue weighted by atomic mass is 32.1. The number of carbonyl (C=O) groups excluding carboxylic acids is 1. The van der Waals surface area contributed by atoms with E-state index < -0.39 is 0 Å². The molecule has 4 nitrogen and oxygen atoms in total. The highest BCUT2D eigenvalue weighted by Gasteiger charge is 2.25. The molecule has 0 aromatic carbocycles. The molecule has 0 rings (SSSR count). The molecule has 2 unspecified atom stereocenters. The molecule has 15 heavy (non-hydrogen) atoms. The van der Waals surface area contributed by atoms with Gasteiger partial charge >= 0.3 is 0 Å². The van der Waals surface area contributed by atoms with E-state index in [0.29, 0.717) is 13.0 Å². The van der Waals surface area contributed by atoms with Crippen molar-refractivity contribution < 1.29 is 9.53 Å². The second-order valence-corrected chi connectivity index (χ2v) is 4.09. The normalized spacial score (nSPS) is 14.4. The lowest BCUT2D eigenvalue weighted by atomic mass is 10.0. The number of ether oxygens (including phenoxy) is 1. The number of rotatable bonds is 6. The summed E-state index contributed by atoms with van der Waals surface area (Å²) < 4.78 is 4.99. The molecule has 0 radical (unpaired) electrons. The molecule has 0 aliphatic rings. The van der Waals surface area contributed by atoms with E-state index in [1.807, 2.05) is 13.8 Å². The van der Waals surface area contributed by atoms with E-state index in [1.165, 1.54) is 0 Å². The van der Waals surface area contributed by atoms with Crippen molar-refractivity contribution in [1.82, 2.24) is 4.90 Å². The first-order valence-corrected chi connectivity index (χ1v) is 5.41. The van der Waals surface area contributed by atoms with Crippen molar-refractivity contribution in [3.05, 3.63) is 0 Å². The molecule has 0 heterocycles. The lowest BCUT2D eigenvalue weighted by Crippen LogP contribution is -2.44. The van der Waals surface area contributed by atoms with E-state index in [1.54, 1.807) is 19.1 Å². The number of nitrogens with two attached hydrogens (primary N) is 1. The SMILES string of the molecule is CCC(C(=O)N(C)C(C)COC)C(N)=S. The minimum atomic E-state index is -0.357. The fourth-order valence-electron chi connectivity index (χ4n) is 1.31. The first-order valence-electron chi connectivity index (χ1n) is 5.00. The van der Waals surface area contributed by atoms with Crippen LogP contribution in [0.15, 0.2) is 0 Å². The van der Waals surface area contributed by atoms with Gasteiger partial charge in [0, 0.05) is 14.2 Å². The molecular formula is C10H20N2O2S. The summed E-state index contributed by atoms with van der Waals surface area (Å²) >= 11 is 4.86. The van der Waals surface area contributed by atoms with Crippen LogP contribution in [0.25, 0.3) is 0 Å². The molecule has 0 saturated carbocycles. The van der Waals surface area contributed by atoms with Gasteiger partial charge in [0.1, 0.15) is 0 Å². The van der Waals surface area contributed by atoms with Gasteiger partial charge in [-0.25, -0.2) is 0 Å². The van der Waals surface area contributed by atoms with Crippen LogP contribution < -0.4 is 5.73 Å². The van der Waals surface area contributed by atoms with Crippen LogP contribution in [0.5, 0.6) is 0 Å². The number of carbonyl (C=O) groups is 1. The van der Waals surface area contributed by atoms with Crippen LogP contribution >= 0.6 is 12.2 Å². The number of hydrogen-bond donors (Lipinski definition) is 1. The summed E-state index contributed by atoms with van der Waals surface area (Å²) in [4.78, 5) is 13.8. The van der Waals surface area contributed by atoms with E-state index in [9.17, 15) is 4.79 Å². The van der Waals surface area contributed by atoms with Crippen LogP contribution in [0.1, 0.15) is 20.3 Å². The third-order valence-corrected chi connectivity index (χ3v) is 2.75. The minimum absolute atomic E-state index is 0.0328. The lowest BCUT2D eigenvalue weighted by Gasteiger charge is -2.27. The van der Waals surface area contributed by atoms with E-state index in [4.69, 9.17) is 22.7 Å². The molecule has 0 aromatic heterocycles. The summed E-state index contributed by atoms with van der Waals surface area (Å²) in [6.45, 7) is 4.33. The molecule has 1 amide bonds. The summed E-state index contributed by atoms with van der Waals surface area (Å²) in [7, 11) is 3.35. The number of nitrogens with zero attached hydrogens (tertiary/aromatic N) is 1. The predicted molar refractivity (Wildman–Crippen MR) is 64.7 cm³/mol. The maximum absolute atomic E-state index is 11.9. The van der Waals surface area contributed by atoms with Crippen molar-refractivity contribution in [3.8, 4) is 0 Å². The Hall–Kier alpha value is -0.680. The second kappa shape index (κ2) is 6.74. The zero-order chi connectivity index (χ0) is 12.0. The minimum Gasteiger partial charge on any atom is -0.393 e. The Balaban J connectivity index is 4.47. The van der Waals surface area contributed by atoms with E-state index in [2.05, 4.69) is 0 Å². The average Bonchev–Trinajstić information content (AvgIpc) is 2.17. The smallest absolute Gasteiger partial charge is 0.232 e. The molecule has 0 spiro atoms. The lowest BCUT2D eigenvalue weighted by molar-refractivity contribution is -0.134. The molecule has 0 aromatic rings. The molecule has 2 atom stereocenters. The summed E-state index contributed by atoms with van der Waals surface area (Å²) in [5.74, 6) is -0.390. The Morgan fingerprint density at radius 2 is 2.13 bits per heavy atom. The van der Waals surface area contributed by atoms with Gasteiger partial charge in [-0.1, -0.05) is 19.1 Å². The zero-order valence-corrected chi connectivity index (χ0v) is 10.6. The van der Waals surface area contributed by atoms with Crippen molar-refractivity contribution in [3.63, 3.8) is 0 Å². The molecule has 5 heteroatoms. The van der Waals surface area contributed by atoms with Crippen LogP contribution in [0, 0.1) is 5.92 Å².